The van der Waals surface area contributed by atoms with Crippen LogP contribution in [0.2, 0.25) is 0 Å². The van der Waals surface area contributed by atoms with Gasteiger partial charge in [0.1, 0.15) is 0 Å². The first-order chi connectivity index (χ1) is 9.02. The third-order valence-corrected chi connectivity index (χ3v) is 3.28. The lowest BCUT2D eigenvalue weighted by Crippen LogP contribution is -2.48. The van der Waals surface area contributed by atoms with Gasteiger partial charge in [-0.05, 0) is 12.8 Å². The third-order valence-electron chi connectivity index (χ3n) is 3.28. The van der Waals surface area contributed by atoms with E-state index in [2.05, 4.69) is 10.2 Å². The lowest BCUT2D eigenvalue weighted by atomic mass is 10.2. The largest absolute Gasteiger partial charge is 0.424 e. The van der Waals surface area contributed by atoms with Gasteiger partial charge in [-0.15, -0.1) is 10.2 Å². The summed E-state index contributed by atoms with van der Waals surface area (Å²) in [4.78, 5) is 1.63. The van der Waals surface area contributed by atoms with Crippen LogP contribution in [0.25, 0.3) is 0 Å². The fourth-order valence-electron chi connectivity index (χ4n) is 2.06. The molecule has 0 spiro atoms. The van der Waals surface area contributed by atoms with Crippen LogP contribution in [-0.2, 0) is 11.3 Å². The molecule has 0 bridgehead atoms. The second-order valence-corrected chi connectivity index (χ2v) is 4.94. The second kappa shape index (κ2) is 4.75. The van der Waals surface area contributed by atoms with Crippen LogP contribution in [0.1, 0.15) is 30.5 Å². The van der Waals surface area contributed by atoms with Crippen molar-refractivity contribution in [3.8, 4) is 0 Å². The Hall–Kier alpha value is -1.15. The molecule has 3 rings (SSSR count). The zero-order valence-electron chi connectivity index (χ0n) is 10.2. The van der Waals surface area contributed by atoms with Crippen molar-refractivity contribution in [1.82, 2.24) is 15.1 Å². The van der Waals surface area contributed by atoms with Gasteiger partial charge in [-0.3, -0.25) is 4.90 Å². The van der Waals surface area contributed by atoms with Gasteiger partial charge >= 0.3 is 6.18 Å². The fraction of sp³-hybridized carbons (Fsp3) is 0.818. The highest BCUT2D eigenvalue weighted by molar-refractivity contribution is 5.00. The molecule has 5 nitrogen and oxygen atoms in total. The minimum Gasteiger partial charge on any atom is -0.424 e. The number of aromatic nitrogens is 2. The molecule has 0 amide bonds. The zero-order valence-corrected chi connectivity index (χ0v) is 10.2. The number of hydrogen-bond donors (Lipinski definition) is 0. The normalized spacial score (nSPS) is 25.7. The number of ether oxygens (including phenoxy) is 1. The van der Waals surface area contributed by atoms with Crippen molar-refractivity contribution in [1.29, 1.82) is 0 Å². The molecule has 1 aliphatic heterocycles. The van der Waals surface area contributed by atoms with Crippen LogP contribution in [0.3, 0.4) is 0 Å². The zero-order chi connectivity index (χ0) is 13.5. The molecule has 0 N–H and O–H groups in total. The lowest BCUT2D eigenvalue weighted by Gasteiger charge is -2.32. The molecular weight excluding hydrogens is 263 g/mol. The topological polar surface area (TPSA) is 51.4 Å². The van der Waals surface area contributed by atoms with Crippen LogP contribution in [0.4, 0.5) is 13.2 Å². The molecule has 19 heavy (non-hydrogen) atoms. The molecule has 2 heterocycles. The minimum absolute atomic E-state index is 0.0633. The van der Waals surface area contributed by atoms with Crippen molar-refractivity contribution < 1.29 is 22.3 Å². The highest BCUT2D eigenvalue weighted by Gasteiger charge is 2.43. The number of rotatable bonds is 3. The molecule has 8 heteroatoms. The number of nitrogens with zero attached hydrogens (tertiary/aromatic N) is 3. The van der Waals surface area contributed by atoms with E-state index in [-0.39, 0.29) is 19.7 Å². The van der Waals surface area contributed by atoms with Crippen molar-refractivity contribution >= 4 is 0 Å². The van der Waals surface area contributed by atoms with E-state index >= 15 is 0 Å². The molecule has 1 aromatic heterocycles. The van der Waals surface area contributed by atoms with Gasteiger partial charge in [0.15, 0.2) is 6.10 Å². The Morgan fingerprint density at radius 3 is 2.74 bits per heavy atom. The average molecular weight is 277 g/mol. The molecule has 2 fully saturated rings. The van der Waals surface area contributed by atoms with Crippen LogP contribution in [0.5, 0.6) is 0 Å². The number of hydrogen-bond acceptors (Lipinski definition) is 5. The summed E-state index contributed by atoms with van der Waals surface area (Å²) in [5.41, 5.74) is 0. The molecular formula is C11H14F3N3O2. The number of halogens is 3. The van der Waals surface area contributed by atoms with Crippen molar-refractivity contribution in [2.24, 2.45) is 0 Å². The molecule has 106 valence electrons. The quantitative estimate of drug-likeness (QED) is 0.842. The fourth-order valence-corrected chi connectivity index (χ4v) is 2.06. The molecule has 0 aromatic carbocycles. The van der Waals surface area contributed by atoms with Crippen LogP contribution >= 0.6 is 0 Å². The maximum Gasteiger partial charge on any atom is 0.415 e. The summed E-state index contributed by atoms with van der Waals surface area (Å²) < 4.78 is 47.9. The Kier molecular flexibility index (Phi) is 3.22. The summed E-state index contributed by atoms with van der Waals surface area (Å²) in [5.74, 6) is 1.34. The summed E-state index contributed by atoms with van der Waals surface area (Å²) in [6.07, 6.45) is -3.95. The third kappa shape index (κ3) is 3.06. The van der Waals surface area contributed by atoms with Gasteiger partial charge in [0, 0.05) is 19.0 Å². The van der Waals surface area contributed by atoms with E-state index < -0.39 is 12.3 Å². The standard InChI is InChI=1S/C11H14F3N3O2/c12-11(13,14)8-5-17(3-4-18-8)6-9-15-16-10(19-9)7-1-2-7/h7-8H,1-6H2/t8-/m1/s1. The van der Waals surface area contributed by atoms with Gasteiger partial charge in [-0.25, -0.2) is 0 Å². The summed E-state index contributed by atoms with van der Waals surface area (Å²) in [5, 5.41) is 7.79. The summed E-state index contributed by atoms with van der Waals surface area (Å²) in [6, 6.07) is 0. The maximum atomic E-state index is 12.6. The van der Waals surface area contributed by atoms with E-state index in [1.54, 1.807) is 4.90 Å². The van der Waals surface area contributed by atoms with Gasteiger partial charge in [0.05, 0.1) is 13.2 Å². The first kappa shape index (κ1) is 12.9. The van der Waals surface area contributed by atoms with E-state index in [9.17, 15) is 13.2 Å². The first-order valence-electron chi connectivity index (χ1n) is 6.25. The van der Waals surface area contributed by atoms with Crippen LogP contribution in [0.15, 0.2) is 4.42 Å². The molecule has 0 unspecified atom stereocenters. The molecule has 1 aromatic rings. The first-order valence-corrected chi connectivity index (χ1v) is 6.25. The Labute approximate surface area is 107 Å². The monoisotopic (exact) mass is 277 g/mol. The highest BCUT2D eigenvalue weighted by Crippen LogP contribution is 2.39. The van der Waals surface area contributed by atoms with Crippen molar-refractivity contribution in [2.75, 3.05) is 19.7 Å². The van der Waals surface area contributed by atoms with E-state index in [4.69, 9.17) is 9.15 Å². The average Bonchev–Trinajstić information content (AvgIpc) is 3.10. The maximum absolute atomic E-state index is 12.6. The molecule has 1 atom stereocenters. The van der Waals surface area contributed by atoms with E-state index in [1.165, 1.54) is 0 Å². The Morgan fingerprint density at radius 2 is 2.05 bits per heavy atom. The van der Waals surface area contributed by atoms with Gasteiger partial charge in [0.2, 0.25) is 11.8 Å². The summed E-state index contributed by atoms with van der Waals surface area (Å²) >= 11 is 0. The minimum atomic E-state index is -4.33. The molecule has 2 aliphatic rings. The van der Waals surface area contributed by atoms with Gasteiger partial charge < -0.3 is 9.15 Å². The van der Waals surface area contributed by atoms with Crippen LogP contribution in [0, 0.1) is 0 Å². The smallest absolute Gasteiger partial charge is 0.415 e. The van der Waals surface area contributed by atoms with E-state index in [0.717, 1.165) is 12.8 Å². The highest BCUT2D eigenvalue weighted by atomic mass is 19.4. The molecule has 1 aliphatic carbocycles. The van der Waals surface area contributed by atoms with E-state index in [0.29, 0.717) is 24.2 Å². The summed E-state index contributed by atoms with van der Waals surface area (Å²) in [7, 11) is 0. The van der Waals surface area contributed by atoms with Gasteiger partial charge in [-0.1, -0.05) is 0 Å². The SMILES string of the molecule is FC(F)(F)[C@H]1CN(Cc2nnc(C3CC3)o2)CCO1. The Bertz CT molecular complexity index is 445. The second-order valence-electron chi connectivity index (χ2n) is 4.94. The summed E-state index contributed by atoms with van der Waals surface area (Å²) in [6.45, 7) is 0.557. The Morgan fingerprint density at radius 1 is 1.26 bits per heavy atom. The van der Waals surface area contributed by atoms with Crippen LogP contribution < -0.4 is 0 Å². The van der Waals surface area contributed by atoms with Gasteiger partial charge in [0.25, 0.3) is 0 Å². The van der Waals surface area contributed by atoms with E-state index in [1.807, 2.05) is 0 Å². The predicted molar refractivity (Wildman–Crippen MR) is 57.3 cm³/mol. The molecule has 1 saturated carbocycles. The van der Waals surface area contributed by atoms with Crippen LogP contribution in [-0.4, -0.2) is 47.1 Å². The number of alkyl halides is 3. The lowest BCUT2D eigenvalue weighted by molar-refractivity contribution is -0.238. The number of morpholine rings is 1. The Balaban J connectivity index is 1.59. The van der Waals surface area contributed by atoms with Crippen molar-refractivity contribution in [2.45, 2.75) is 37.6 Å². The molecule has 0 radical (unpaired) electrons. The van der Waals surface area contributed by atoms with Crippen molar-refractivity contribution in [3.63, 3.8) is 0 Å². The van der Waals surface area contributed by atoms with Gasteiger partial charge in [-0.2, -0.15) is 13.2 Å². The molecule has 1 saturated heterocycles. The predicted octanol–water partition coefficient (Wildman–Crippen LogP) is 1.71. The van der Waals surface area contributed by atoms with Crippen molar-refractivity contribution in [3.05, 3.63) is 11.8 Å².